The third-order valence-electron chi connectivity index (χ3n) is 0.977. The molecule has 0 saturated heterocycles. The van der Waals surface area contributed by atoms with Gasteiger partial charge in [-0.15, -0.1) is 13.2 Å². The Balaban J connectivity index is 0.00000121. The summed E-state index contributed by atoms with van der Waals surface area (Å²) in [5.74, 6) is -0.194. The molecule has 0 fully saturated rings. The molecular weight excluding hydrogens is 237 g/mol. The molecule has 0 N–H and O–H groups in total. The van der Waals surface area contributed by atoms with E-state index < -0.39 is 6.36 Å². The molecule has 0 saturated carbocycles. The Morgan fingerprint density at radius 2 is 1.50 bits per heavy atom. The van der Waals surface area contributed by atoms with Crippen LogP contribution in [0.15, 0.2) is 30.3 Å². The van der Waals surface area contributed by atoms with E-state index in [4.69, 9.17) is 0 Å². The largest absolute Gasteiger partial charge is 1.00 e. The molecule has 0 amide bonds. The van der Waals surface area contributed by atoms with E-state index in [0.29, 0.717) is 0 Å². The fourth-order valence-electron chi connectivity index (χ4n) is 0.622. The lowest BCUT2D eigenvalue weighted by atomic mass is 10.3. The van der Waals surface area contributed by atoms with Crippen molar-refractivity contribution in [1.29, 1.82) is 0 Å². The molecule has 0 aliphatic carbocycles. The molecule has 0 atom stereocenters. The van der Waals surface area contributed by atoms with Crippen molar-refractivity contribution >= 4 is 0 Å². The number of alkyl halides is 3. The summed E-state index contributed by atoms with van der Waals surface area (Å²) < 4.78 is 38.2. The molecule has 0 aliphatic heterocycles. The number of benzene rings is 1. The summed E-state index contributed by atoms with van der Waals surface area (Å²) >= 11 is 0. The first-order chi connectivity index (χ1) is 5.08. The SMILES string of the molecule is FC(F)(F)Oc1ccccc1.[Br-]. The van der Waals surface area contributed by atoms with Crippen LogP contribution in [0.4, 0.5) is 13.2 Å². The maximum atomic E-state index is 11.5. The number of para-hydroxylation sites is 1. The quantitative estimate of drug-likeness (QED) is 0.650. The van der Waals surface area contributed by atoms with Gasteiger partial charge in [-0.05, 0) is 12.1 Å². The van der Waals surface area contributed by atoms with Gasteiger partial charge in [0.15, 0.2) is 0 Å². The first kappa shape index (κ1) is 11.3. The summed E-state index contributed by atoms with van der Waals surface area (Å²) in [6.45, 7) is 0. The molecule has 0 unspecified atom stereocenters. The Morgan fingerprint density at radius 1 is 1.00 bits per heavy atom. The fourth-order valence-corrected chi connectivity index (χ4v) is 0.622. The van der Waals surface area contributed by atoms with Crippen molar-refractivity contribution in [1.82, 2.24) is 0 Å². The van der Waals surface area contributed by atoms with Crippen LogP contribution in [0, 0.1) is 0 Å². The monoisotopic (exact) mass is 241 g/mol. The minimum atomic E-state index is -4.60. The summed E-state index contributed by atoms with van der Waals surface area (Å²) in [4.78, 5) is 0. The van der Waals surface area contributed by atoms with E-state index in [2.05, 4.69) is 4.74 Å². The second-order valence-electron chi connectivity index (χ2n) is 1.86. The number of rotatable bonds is 1. The highest BCUT2D eigenvalue weighted by molar-refractivity contribution is 5.20. The molecule has 0 heterocycles. The predicted octanol–water partition coefficient (Wildman–Crippen LogP) is -0.411. The van der Waals surface area contributed by atoms with E-state index >= 15 is 0 Å². The van der Waals surface area contributed by atoms with Gasteiger partial charge in [-0.25, -0.2) is 0 Å². The first-order valence-corrected chi connectivity index (χ1v) is 2.89. The molecule has 0 aliphatic rings. The highest BCUT2D eigenvalue weighted by Gasteiger charge is 2.30. The lowest BCUT2D eigenvalue weighted by molar-refractivity contribution is -0.274. The van der Waals surface area contributed by atoms with Crippen LogP contribution in [-0.4, -0.2) is 6.36 Å². The molecular formula is C7H5BrF3O-. The highest BCUT2D eigenvalue weighted by Crippen LogP contribution is 2.21. The second-order valence-corrected chi connectivity index (χ2v) is 1.86. The van der Waals surface area contributed by atoms with Gasteiger partial charge in [0, 0.05) is 0 Å². The van der Waals surface area contributed by atoms with Crippen LogP contribution < -0.4 is 21.7 Å². The minimum Gasteiger partial charge on any atom is -1.00 e. The second kappa shape index (κ2) is 4.35. The molecule has 0 radical (unpaired) electrons. The topological polar surface area (TPSA) is 9.23 Å². The van der Waals surface area contributed by atoms with Gasteiger partial charge in [0.2, 0.25) is 0 Å². The van der Waals surface area contributed by atoms with Crippen molar-refractivity contribution in [3.63, 3.8) is 0 Å². The lowest BCUT2D eigenvalue weighted by Gasteiger charge is -2.07. The number of hydrogen-bond acceptors (Lipinski definition) is 1. The van der Waals surface area contributed by atoms with E-state index in [0.717, 1.165) is 0 Å². The van der Waals surface area contributed by atoms with Crippen LogP contribution in [0.25, 0.3) is 0 Å². The fraction of sp³-hybridized carbons (Fsp3) is 0.143. The summed E-state index contributed by atoms with van der Waals surface area (Å²) in [6, 6.07) is 7.05. The maximum absolute atomic E-state index is 11.5. The number of ether oxygens (including phenoxy) is 1. The Hall–Kier alpha value is -0.710. The van der Waals surface area contributed by atoms with E-state index in [1.54, 1.807) is 6.07 Å². The number of halogens is 4. The zero-order chi connectivity index (χ0) is 8.32. The van der Waals surface area contributed by atoms with Crippen LogP contribution in [0.2, 0.25) is 0 Å². The Bertz CT molecular complexity index is 222. The smallest absolute Gasteiger partial charge is 0.573 e. The molecule has 1 nitrogen and oxygen atoms in total. The van der Waals surface area contributed by atoms with Crippen LogP contribution in [-0.2, 0) is 0 Å². The third kappa shape index (κ3) is 4.23. The van der Waals surface area contributed by atoms with Crippen LogP contribution >= 0.6 is 0 Å². The van der Waals surface area contributed by atoms with Gasteiger partial charge in [-0.3, -0.25) is 0 Å². The van der Waals surface area contributed by atoms with Crippen LogP contribution in [0.5, 0.6) is 5.75 Å². The zero-order valence-electron chi connectivity index (χ0n) is 5.81. The normalized spacial score (nSPS) is 10.2. The van der Waals surface area contributed by atoms with E-state index in [9.17, 15) is 13.2 Å². The van der Waals surface area contributed by atoms with Crippen molar-refractivity contribution in [3.05, 3.63) is 30.3 Å². The first-order valence-electron chi connectivity index (χ1n) is 2.89. The van der Waals surface area contributed by atoms with E-state index in [1.807, 2.05) is 0 Å². The lowest BCUT2D eigenvalue weighted by Crippen LogP contribution is -3.00. The maximum Gasteiger partial charge on any atom is 0.573 e. The van der Waals surface area contributed by atoms with Gasteiger partial charge < -0.3 is 21.7 Å². The Labute approximate surface area is 77.9 Å². The van der Waals surface area contributed by atoms with Gasteiger partial charge in [0.25, 0.3) is 0 Å². The molecule has 12 heavy (non-hydrogen) atoms. The average molecular weight is 242 g/mol. The summed E-state index contributed by atoms with van der Waals surface area (Å²) in [5.41, 5.74) is 0. The van der Waals surface area contributed by atoms with Crippen LogP contribution in [0.1, 0.15) is 0 Å². The Morgan fingerprint density at radius 3 is 1.92 bits per heavy atom. The molecule has 68 valence electrons. The van der Waals surface area contributed by atoms with Crippen molar-refractivity contribution in [2.45, 2.75) is 6.36 Å². The van der Waals surface area contributed by atoms with Gasteiger partial charge in [-0.1, -0.05) is 18.2 Å². The summed E-state index contributed by atoms with van der Waals surface area (Å²) in [5, 5.41) is 0. The number of hydrogen-bond donors (Lipinski definition) is 0. The van der Waals surface area contributed by atoms with Crippen molar-refractivity contribution in [3.8, 4) is 5.75 Å². The molecule has 1 rings (SSSR count). The van der Waals surface area contributed by atoms with E-state index in [-0.39, 0.29) is 22.7 Å². The van der Waals surface area contributed by atoms with Gasteiger partial charge >= 0.3 is 6.36 Å². The summed E-state index contributed by atoms with van der Waals surface area (Å²) in [6.07, 6.45) is -4.60. The molecule has 0 bridgehead atoms. The summed E-state index contributed by atoms with van der Waals surface area (Å²) in [7, 11) is 0. The van der Waals surface area contributed by atoms with Gasteiger partial charge in [0.05, 0.1) is 0 Å². The van der Waals surface area contributed by atoms with Crippen molar-refractivity contribution in [2.75, 3.05) is 0 Å². The third-order valence-corrected chi connectivity index (χ3v) is 0.977. The Kier molecular flexibility index (Phi) is 4.09. The van der Waals surface area contributed by atoms with Crippen molar-refractivity contribution in [2.24, 2.45) is 0 Å². The standard InChI is InChI=1S/C7H5F3O.BrH/c8-7(9,10)11-6-4-2-1-3-5-6;/h1-5H;1H/p-1. The molecule has 1 aromatic rings. The van der Waals surface area contributed by atoms with E-state index in [1.165, 1.54) is 24.3 Å². The molecule has 1 aromatic carbocycles. The van der Waals surface area contributed by atoms with Gasteiger partial charge in [0.1, 0.15) is 5.75 Å². The van der Waals surface area contributed by atoms with Gasteiger partial charge in [-0.2, -0.15) is 0 Å². The highest BCUT2D eigenvalue weighted by atomic mass is 79.9. The zero-order valence-corrected chi connectivity index (χ0v) is 7.39. The molecule has 0 spiro atoms. The van der Waals surface area contributed by atoms with Crippen LogP contribution in [0.3, 0.4) is 0 Å². The van der Waals surface area contributed by atoms with Crippen molar-refractivity contribution < 1.29 is 34.9 Å². The average Bonchev–Trinajstić information content (AvgIpc) is 1.85. The minimum absolute atomic E-state index is 0. The predicted molar refractivity (Wildman–Crippen MR) is 33.1 cm³/mol. The molecule has 5 heteroatoms. The molecule has 0 aromatic heterocycles.